The summed E-state index contributed by atoms with van der Waals surface area (Å²) in [5, 5.41) is 0.328. The van der Waals surface area contributed by atoms with Gasteiger partial charge in [-0.25, -0.2) is 0 Å². The molecule has 3 unspecified atom stereocenters. The van der Waals surface area contributed by atoms with E-state index < -0.39 is 0 Å². The summed E-state index contributed by atoms with van der Waals surface area (Å²) in [6, 6.07) is 0. The van der Waals surface area contributed by atoms with Crippen molar-refractivity contribution in [2.45, 2.75) is 52.3 Å². The molecule has 3 atom stereocenters. The zero-order valence-corrected chi connectivity index (χ0v) is 8.99. The Morgan fingerprint density at radius 3 is 2.09 bits per heavy atom. The van der Waals surface area contributed by atoms with E-state index in [-0.39, 0.29) is 0 Å². The number of halogens is 1. The summed E-state index contributed by atoms with van der Waals surface area (Å²) in [6.07, 6.45) is 3.91. The Hall–Kier alpha value is 0.290. The molecule has 0 bridgehead atoms. The molecule has 0 spiro atoms. The van der Waals surface area contributed by atoms with Crippen molar-refractivity contribution in [3.8, 4) is 0 Å². The molecular weight excluding hydrogens is 156 g/mol. The molecule has 0 amide bonds. The van der Waals surface area contributed by atoms with Crippen LogP contribution in [0.5, 0.6) is 0 Å². The van der Waals surface area contributed by atoms with Crippen molar-refractivity contribution in [3.05, 3.63) is 0 Å². The van der Waals surface area contributed by atoms with Crippen LogP contribution in [0.15, 0.2) is 0 Å². The van der Waals surface area contributed by atoms with Crippen LogP contribution in [-0.2, 0) is 0 Å². The third-order valence-corrected chi connectivity index (χ3v) is 2.77. The molecular formula is C10H21Cl. The first-order valence-electron chi connectivity index (χ1n) is 4.72. The molecule has 0 aromatic heterocycles. The van der Waals surface area contributed by atoms with Crippen LogP contribution in [0.3, 0.4) is 0 Å². The molecule has 0 heterocycles. The van der Waals surface area contributed by atoms with Gasteiger partial charge in [-0.3, -0.25) is 0 Å². The lowest BCUT2D eigenvalue weighted by atomic mass is 9.92. The Labute approximate surface area is 76.3 Å². The van der Waals surface area contributed by atoms with Gasteiger partial charge in [-0.1, -0.05) is 33.6 Å². The van der Waals surface area contributed by atoms with Crippen LogP contribution in [0.25, 0.3) is 0 Å². The highest BCUT2D eigenvalue weighted by atomic mass is 35.5. The van der Waals surface area contributed by atoms with E-state index in [1.54, 1.807) is 0 Å². The SMILES string of the molecule is CCCC(C)CC(C)C(C)Cl. The molecule has 0 rings (SSSR count). The molecule has 0 saturated carbocycles. The van der Waals surface area contributed by atoms with Gasteiger partial charge in [-0.15, -0.1) is 11.6 Å². The smallest absolute Gasteiger partial charge is 0.0333 e. The summed E-state index contributed by atoms with van der Waals surface area (Å²) >= 11 is 5.97. The zero-order valence-electron chi connectivity index (χ0n) is 8.23. The second-order valence-corrected chi connectivity index (χ2v) is 4.47. The molecule has 0 aliphatic carbocycles. The van der Waals surface area contributed by atoms with Crippen LogP contribution in [0, 0.1) is 11.8 Å². The molecule has 0 radical (unpaired) electrons. The number of rotatable bonds is 5. The summed E-state index contributed by atoms with van der Waals surface area (Å²) < 4.78 is 0. The van der Waals surface area contributed by atoms with Crippen LogP contribution in [0.2, 0.25) is 0 Å². The topological polar surface area (TPSA) is 0 Å². The minimum Gasteiger partial charge on any atom is -0.123 e. The molecule has 0 aliphatic rings. The maximum absolute atomic E-state index is 5.97. The quantitative estimate of drug-likeness (QED) is 0.554. The largest absolute Gasteiger partial charge is 0.123 e. The van der Waals surface area contributed by atoms with Gasteiger partial charge in [0.25, 0.3) is 0 Å². The first-order chi connectivity index (χ1) is 5.07. The highest BCUT2D eigenvalue weighted by Crippen LogP contribution is 2.21. The molecule has 68 valence electrons. The first kappa shape index (κ1) is 11.3. The van der Waals surface area contributed by atoms with E-state index in [0.29, 0.717) is 11.3 Å². The van der Waals surface area contributed by atoms with Gasteiger partial charge in [0, 0.05) is 5.38 Å². The van der Waals surface area contributed by atoms with E-state index in [1.807, 2.05) is 0 Å². The van der Waals surface area contributed by atoms with Crippen molar-refractivity contribution in [1.29, 1.82) is 0 Å². The average molecular weight is 177 g/mol. The molecule has 0 fully saturated rings. The summed E-state index contributed by atoms with van der Waals surface area (Å²) in [4.78, 5) is 0. The average Bonchev–Trinajstić information content (AvgIpc) is 1.87. The van der Waals surface area contributed by atoms with Crippen molar-refractivity contribution in [2.75, 3.05) is 0 Å². The number of hydrogen-bond donors (Lipinski definition) is 0. The van der Waals surface area contributed by atoms with Gasteiger partial charge in [0.1, 0.15) is 0 Å². The molecule has 11 heavy (non-hydrogen) atoms. The second kappa shape index (κ2) is 5.88. The predicted molar refractivity (Wildman–Crippen MR) is 53.2 cm³/mol. The van der Waals surface area contributed by atoms with E-state index in [9.17, 15) is 0 Å². The Morgan fingerprint density at radius 1 is 1.18 bits per heavy atom. The van der Waals surface area contributed by atoms with Crippen LogP contribution in [-0.4, -0.2) is 5.38 Å². The highest BCUT2D eigenvalue weighted by molar-refractivity contribution is 6.20. The molecule has 0 N–H and O–H groups in total. The molecule has 0 saturated heterocycles. The summed E-state index contributed by atoms with van der Waals surface area (Å²) in [7, 11) is 0. The third kappa shape index (κ3) is 5.55. The lowest BCUT2D eigenvalue weighted by Gasteiger charge is -2.18. The minimum atomic E-state index is 0.328. The fourth-order valence-electron chi connectivity index (χ4n) is 1.43. The van der Waals surface area contributed by atoms with Crippen molar-refractivity contribution < 1.29 is 0 Å². The Morgan fingerprint density at radius 2 is 1.73 bits per heavy atom. The van der Waals surface area contributed by atoms with E-state index in [0.717, 1.165) is 5.92 Å². The maximum Gasteiger partial charge on any atom is 0.0333 e. The Bertz CT molecular complexity index is 88.9. The number of hydrogen-bond acceptors (Lipinski definition) is 0. The summed E-state index contributed by atoms with van der Waals surface area (Å²) in [5.74, 6) is 1.51. The number of alkyl halides is 1. The lowest BCUT2D eigenvalue weighted by molar-refractivity contribution is 0.388. The van der Waals surface area contributed by atoms with Crippen molar-refractivity contribution in [2.24, 2.45) is 11.8 Å². The Balaban J connectivity index is 3.48. The van der Waals surface area contributed by atoms with Gasteiger partial charge >= 0.3 is 0 Å². The van der Waals surface area contributed by atoms with E-state index in [2.05, 4.69) is 27.7 Å². The third-order valence-electron chi connectivity index (χ3n) is 2.34. The van der Waals surface area contributed by atoms with Crippen LogP contribution >= 0.6 is 11.6 Å². The normalized spacial score (nSPS) is 19.4. The van der Waals surface area contributed by atoms with Crippen molar-refractivity contribution >= 4 is 11.6 Å². The van der Waals surface area contributed by atoms with Gasteiger partial charge in [0.2, 0.25) is 0 Å². The van der Waals surface area contributed by atoms with Gasteiger partial charge in [-0.2, -0.15) is 0 Å². The van der Waals surface area contributed by atoms with Crippen molar-refractivity contribution in [1.82, 2.24) is 0 Å². The molecule has 0 aromatic carbocycles. The summed E-state index contributed by atoms with van der Waals surface area (Å²) in [6.45, 7) is 8.89. The molecule has 1 heteroatoms. The zero-order chi connectivity index (χ0) is 8.85. The highest BCUT2D eigenvalue weighted by Gasteiger charge is 2.12. The fraction of sp³-hybridized carbons (Fsp3) is 1.00. The first-order valence-corrected chi connectivity index (χ1v) is 5.15. The van der Waals surface area contributed by atoms with E-state index >= 15 is 0 Å². The fourth-order valence-corrected chi connectivity index (χ4v) is 1.54. The second-order valence-electron chi connectivity index (χ2n) is 3.78. The van der Waals surface area contributed by atoms with E-state index in [4.69, 9.17) is 11.6 Å². The van der Waals surface area contributed by atoms with E-state index in [1.165, 1.54) is 19.3 Å². The molecule has 0 aromatic rings. The minimum absolute atomic E-state index is 0.328. The maximum atomic E-state index is 5.97. The van der Waals surface area contributed by atoms with Crippen LogP contribution < -0.4 is 0 Å². The standard InChI is InChI=1S/C10H21Cl/c1-5-6-8(2)7-9(3)10(4)11/h8-10H,5-7H2,1-4H3. The Kier molecular flexibility index (Phi) is 6.03. The van der Waals surface area contributed by atoms with Crippen LogP contribution in [0.1, 0.15) is 47.0 Å². The van der Waals surface area contributed by atoms with Gasteiger partial charge in [-0.05, 0) is 25.2 Å². The summed E-state index contributed by atoms with van der Waals surface area (Å²) in [5.41, 5.74) is 0. The predicted octanol–water partition coefficient (Wildman–Crippen LogP) is 4.08. The van der Waals surface area contributed by atoms with Gasteiger partial charge < -0.3 is 0 Å². The lowest BCUT2D eigenvalue weighted by Crippen LogP contribution is -2.11. The van der Waals surface area contributed by atoms with Crippen molar-refractivity contribution in [3.63, 3.8) is 0 Å². The molecule has 0 nitrogen and oxygen atoms in total. The molecule has 0 aliphatic heterocycles. The van der Waals surface area contributed by atoms with Gasteiger partial charge in [0.15, 0.2) is 0 Å². The van der Waals surface area contributed by atoms with Crippen LogP contribution in [0.4, 0.5) is 0 Å². The van der Waals surface area contributed by atoms with Gasteiger partial charge in [0.05, 0.1) is 0 Å². The monoisotopic (exact) mass is 176 g/mol.